The van der Waals surface area contributed by atoms with Crippen molar-refractivity contribution in [3.63, 3.8) is 0 Å². The zero-order valence-corrected chi connectivity index (χ0v) is 21.4. The summed E-state index contributed by atoms with van der Waals surface area (Å²) >= 11 is 0. The molecule has 1 amide bonds. The SMILES string of the molecule is Cn1c(N(Cc2ccc(C(=O)NC(O)C(=O)O)cc2)C2CCC(C(C)(C)C)CC2)nc2ccccc21. The van der Waals surface area contributed by atoms with E-state index in [1.807, 2.05) is 30.3 Å². The van der Waals surface area contributed by atoms with Gasteiger partial charge in [-0.1, -0.05) is 45.0 Å². The van der Waals surface area contributed by atoms with Gasteiger partial charge in [0, 0.05) is 25.2 Å². The number of aliphatic hydroxyl groups excluding tert-OH is 1. The van der Waals surface area contributed by atoms with E-state index in [0.29, 0.717) is 29.5 Å². The van der Waals surface area contributed by atoms with Crippen LogP contribution >= 0.6 is 0 Å². The number of carbonyl (C=O) groups excluding carboxylic acids is 1. The number of anilines is 1. The fraction of sp³-hybridized carbons (Fsp3) is 0.464. The molecule has 1 aromatic heterocycles. The quantitative estimate of drug-likeness (QED) is 0.424. The van der Waals surface area contributed by atoms with Crippen molar-refractivity contribution in [3.05, 3.63) is 59.7 Å². The Morgan fingerprint density at radius 1 is 1.08 bits per heavy atom. The van der Waals surface area contributed by atoms with Crippen LogP contribution < -0.4 is 10.2 Å². The number of aliphatic hydroxyl groups is 1. The fourth-order valence-corrected chi connectivity index (χ4v) is 5.23. The predicted molar refractivity (Wildman–Crippen MR) is 140 cm³/mol. The Hall–Kier alpha value is -3.39. The zero-order chi connectivity index (χ0) is 26.0. The lowest BCUT2D eigenvalue weighted by Gasteiger charge is -2.41. The first kappa shape index (κ1) is 25.7. The van der Waals surface area contributed by atoms with Crippen LogP contribution in [0.25, 0.3) is 11.0 Å². The van der Waals surface area contributed by atoms with Crippen LogP contribution in [0.15, 0.2) is 48.5 Å². The summed E-state index contributed by atoms with van der Waals surface area (Å²) in [7, 11) is 2.06. The highest BCUT2D eigenvalue weighted by Gasteiger charge is 2.33. The molecule has 8 nitrogen and oxygen atoms in total. The number of carboxylic acids is 1. The second-order valence-electron chi connectivity index (χ2n) is 10.9. The molecule has 0 aliphatic heterocycles. The van der Waals surface area contributed by atoms with E-state index in [9.17, 15) is 14.7 Å². The molecule has 1 unspecified atom stereocenters. The Morgan fingerprint density at radius 2 is 1.72 bits per heavy atom. The molecular formula is C28H36N4O4. The van der Waals surface area contributed by atoms with Crippen molar-refractivity contribution in [2.45, 2.75) is 65.3 Å². The highest BCUT2D eigenvalue weighted by Crippen LogP contribution is 2.40. The van der Waals surface area contributed by atoms with E-state index in [0.717, 1.165) is 35.4 Å². The van der Waals surface area contributed by atoms with Crippen LogP contribution in [0.4, 0.5) is 5.95 Å². The maximum absolute atomic E-state index is 12.3. The molecule has 0 spiro atoms. The number of aromatic nitrogens is 2. The van der Waals surface area contributed by atoms with E-state index >= 15 is 0 Å². The van der Waals surface area contributed by atoms with Crippen molar-refractivity contribution in [2.75, 3.05) is 4.90 Å². The highest BCUT2D eigenvalue weighted by atomic mass is 16.4. The molecule has 0 saturated heterocycles. The van der Waals surface area contributed by atoms with Crippen molar-refractivity contribution in [1.29, 1.82) is 0 Å². The number of fused-ring (bicyclic) bond motifs is 1. The van der Waals surface area contributed by atoms with Crippen molar-refractivity contribution in [2.24, 2.45) is 18.4 Å². The van der Waals surface area contributed by atoms with Crippen molar-refractivity contribution in [1.82, 2.24) is 14.9 Å². The summed E-state index contributed by atoms with van der Waals surface area (Å²) < 4.78 is 2.15. The number of nitrogens with zero attached hydrogens (tertiary/aromatic N) is 3. The number of carboxylic acid groups (broad SMARTS) is 1. The largest absolute Gasteiger partial charge is 0.478 e. The number of aryl methyl sites for hydroxylation is 1. The molecule has 0 bridgehead atoms. The lowest BCUT2D eigenvalue weighted by molar-refractivity contribution is -0.147. The van der Waals surface area contributed by atoms with E-state index in [-0.39, 0.29) is 0 Å². The fourth-order valence-electron chi connectivity index (χ4n) is 5.23. The third-order valence-electron chi connectivity index (χ3n) is 7.45. The number of imidazole rings is 1. The van der Waals surface area contributed by atoms with Gasteiger partial charge in [0.1, 0.15) is 0 Å². The first-order valence-corrected chi connectivity index (χ1v) is 12.5. The van der Waals surface area contributed by atoms with Crippen molar-refractivity contribution < 1.29 is 19.8 Å². The van der Waals surface area contributed by atoms with Gasteiger partial charge < -0.3 is 25.0 Å². The van der Waals surface area contributed by atoms with Crippen LogP contribution in [-0.2, 0) is 18.4 Å². The summed E-state index contributed by atoms with van der Waals surface area (Å²) in [4.78, 5) is 30.5. The molecule has 8 heteroatoms. The van der Waals surface area contributed by atoms with Crippen LogP contribution in [0.3, 0.4) is 0 Å². The lowest BCUT2D eigenvalue weighted by Crippen LogP contribution is -2.41. The molecule has 1 aliphatic carbocycles. The van der Waals surface area contributed by atoms with Gasteiger partial charge in [0.25, 0.3) is 5.91 Å². The highest BCUT2D eigenvalue weighted by molar-refractivity contribution is 5.96. The summed E-state index contributed by atoms with van der Waals surface area (Å²) in [6.45, 7) is 7.62. The third kappa shape index (κ3) is 5.54. The molecule has 0 radical (unpaired) electrons. The normalized spacial score (nSPS) is 19.1. The van der Waals surface area contributed by atoms with Gasteiger partial charge in [-0.05, 0) is 66.8 Å². The van der Waals surface area contributed by atoms with Gasteiger partial charge >= 0.3 is 5.97 Å². The molecule has 1 atom stereocenters. The second kappa shape index (κ2) is 10.3. The molecular weight excluding hydrogens is 456 g/mol. The number of nitrogens with one attached hydrogen (secondary N) is 1. The first-order chi connectivity index (χ1) is 17.0. The Kier molecular flexibility index (Phi) is 7.36. The smallest absolute Gasteiger partial charge is 0.353 e. The maximum Gasteiger partial charge on any atom is 0.353 e. The van der Waals surface area contributed by atoms with Gasteiger partial charge in [0.2, 0.25) is 12.2 Å². The lowest BCUT2D eigenvalue weighted by atomic mass is 9.71. The van der Waals surface area contributed by atoms with E-state index < -0.39 is 18.1 Å². The van der Waals surface area contributed by atoms with Gasteiger partial charge in [0.05, 0.1) is 11.0 Å². The molecule has 1 saturated carbocycles. The summed E-state index contributed by atoms with van der Waals surface area (Å²) in [5.41, 5.74) is 3.67. The number of carbonyl (C=O) groups is 2. The number of hydrogen-bond donors (Lipinski definition) is 3. The van der Waals surface area contributed by atoms with E-state index in [2.05, 4.69) is 48.7 Å². The monoisotopic (exact) mass is 492 g/mol. The Balaban J connectivity index is 1.58. The Bertz CT molecular complexity index is 1220. The number of amides is 1. The molecule has 3 N–H and O–H groups in total. The topological polar surface area (TPSA) is 108 Å². The van der Waals surface area contributed by atoms with Crippen LogP contribution in [0, 0.1) is 11.3 Å². The van der Waals surface area contributed by atoms with Gasteiger partial charge in [-0.3, -0.25) is 4.79 Å². The molecule has 3 aromatic rings. The average Bonchev–Trinajstić information content (AvgIpc) is 3.18. The molecule has 36 heavy (non-hydrogen) atoms. The number of benzene rings is 2. The van der Waals surface area contributed by atoms with E-state index in [1.54, 1.807) is 12.1 Å². The minimum absolute atomic E-state index is 0.291. The van der Waals surface area contributed by atoms with E-state index in [1.165, 1.54) is 12.8 Å². The molecule has 192 valence electrons. The Labute approximate surface area is 211 Å². The maximum atomic E-state index is 12.3. The summed E-state index contributed by atoms with van der Waals surface area (Å²) in [5.74, 6) is -0.500. The Morgan fingerprint density at radius 3 is 2.31 bits per heavy atom. The number of para-hydroxylation sites is 2. The number of rotatable bonds is 7. The first-order valence-electron chi connectivity index (χ1n) is 12.5. The summed E-state index contributed by atoms with van der Waals surface area (Å²) in [5, 5.41) is 20.3. The summed E-state index contributed by atoms with van der Waals surface area (Å²) in [6.07, 6.45) is 2.62. The molecule has 1 fully saturated rings. The summed E-state index contributed by atoms with van der Waals surface area (Å²) in [6, 6.07) is 15.6. The van der Waals surface area contributed by atoms with Crippen LogP contribution in [0.5, 0.6) is 0 Å². The third-order valence-corrected chi connectivity index (χ3v) is 7.45. The standard InChI is InChI=1S/C28H36N4O4/c1-28(2,3)20-13-15-21(16-14-20)32(27-29-22-7-5-6-8-23(22)31(27)4)17-18-9-11-19(12-10-18)24(33)30-25(34)26(35)36/h5-12,20-21,25,34H,13-17H2,1-4H3,(H,30,33)(H,35,36). The number of aliphatic carboxylic acids is 1. The van der Waals surface area contributed by atoms with Crippen molar-refractivity contribution >= 4 is 28.9 Å². The second-order valence-corrected chi connectivity index (χ2v) is 10.9. The zero-order valence-electron chi connectivity index (χ0n) is 21.4. The van der Waals surface area contributed by atoms with Crippen LogP contribution in [-0.4, -0.2) is 43.9 Å². The average molecular weight is 493 g/mol. The van der Waals surface area contributed by atoms with E-state index in [4.69, 9.17) is 10.1 Å². The molecule has 4 rings (SSSR count). The van der Waals surface area contributed by atoms with Crippen molar-refractivity contribution in [3.8, 4) is 0 Å². The van der Waals surface area contributed by atoms with Gasteiger partial charge in [-0.25, -0.2) is 9.78 Å². The van der Waals surface area contributed by atoms with Gasteiger partial charge in [-0.15, -0.1) is 0 Å². The predicted octanol–water partition coefficient (Wildman–Crippen LogP) is 4.32. The van der Waals surface area contributed by atoms with Crippen LogP contribution in [0.2, 0.25) is 0 Å². The number of hydrogen-bond acceptors (Lipinski definition) is 5. The van der Waals surface area contributed by atoms with Gasteiger partial charge in [-0.2, -0.15) is 0 Å². The molecule has 2 aromatic carbocycles. The van der Waals surface area contributed by atoms with Crippen LogP contribution in [0.1, 0.15) is 62.4 Å². The van der Waals surface area contributed by atoms with Gasteiger partial charge in [0.15, 0.2) is 0 Å². The molecule has 1 aliphatic rings. The minimum Gasteiger partial charge on any atom is -0.478 e. The minimum atomic E-state index is -1.94. The molecule has 1 heterocycles.